The Hall–Kier alpha value is -1.53. The Bertz CT molecular complexity index is 495. The van der Waals surface area contributed by atoms with Crippen molar-refractivity contribution >= 4 is 23.6 Å². The molecule has 1 fully saturated rings. The summed E-state index contributed by atoms with van der Waals surface area (Å²) in [6.45, 7) is 2.49. The predicted molar refractivity (Wildman–Crippen MR) is 82.6 cm³/mol. The molecule has 1 saturated heterocycles. The molecule has 2 amide bonds. The summed E-state index contributed by atoms with van der Waals surface area (Å²) in [6, 6.07) is 9.96. The van der Waals surface area contributed by atoms with Gasteiger partial charge in [0.05, 0.1) is 18.4 Å². The van der Waals surface area contributed by atoms with Gasteiger partial charge in [0.15, 0.2) is 0 Å². The number of thioether (sulfide) groups is 1. The van der Waals surface area contributed by atoms with Crippen LogP contribution in [-0.4, -0.2) is 41.5 Å². The number of likely N-dealkylation sites (tertiary alicyclic amines) is 1. The van der Waals surface area contributed by atoms with Crippen molar-refractivity contribution < 1.29 is 14.4 Å². The van der Waals surface area contributed by atoms with Crippen LogP contribution in [0, 0.1) is 0 Å². The second kappa shape index (κ2) is 7.47. The van der Waals surface area contributed by atoms with E-state index in [1.165, 1.54) is 0 Å². The van der Waals surface area contributed by atoms with E-state index in [1.807, 2.05) is 43.5 Å². The fraction of sp³-hybridized carbons (Fsp3) is 0.467. The van der Waals surface area contributed by atoms with Crippen molar-refractivity contribution in [1.29, 1.82) is 0 Å². The molecule has 1 aliphatic heterocycles. The Labute approximate surface area is 129 Å². The van der Waals surface area contributed by atoms with Crippen LogP contribution in [0.15, 0.2) is 30.3 Å². The third-order valence-electron chi connectivity index (χ3n) is 3.49. The van der Waals surface area contributed by atoms with E-state index in [2.05, 4.69) is 5.48 Å². The Kier molecular flexibility index (Phi) is 5.64. The van der Waals surface area contributed by atoms with Crippen LogP contribution in [0.25, 0.3) is 0 Å². The molecule has 0 saturated carbocycles. The summed E-state index contributed by atoms with van der Waals surface area (Å²) in [5.41, 5.74) is 3.56. The highest BCUT2D eigenvalue weighted by atomic mass is 32.2. The highest BCUT2D eigenvalue weighted by Crippen LogP contribution is 2.26. The molecule has 1 aromatic carbocycles. The smallest absolute Gasteiger partial charge is 0.263 e. The molecule has 1 N–H and O–H groups in total. The molecule has 2 rings (SSSR count). The van der Waals surface area contributed by atoms with Crippen LogP contribution >= 0.6 is 11.8 Å². The van der Waals surface area contributed by atoms with E-state index >= 15 is 0 Å². The van der Waals surface area contributed by atoms with E-state index in [1.54, 1.807) is 16.7 Å². The lowest BCUT2D eigenvalue weighted by molar-refractivity contribution is -0.149. The molecule has 0 aromatic heterocycles. The largest absolute Gasteiger partial charge is 0.321 e. The molecular weight excluding hydrogens is 288 g/mol. The van der Waals surface area contributed by atoms with Crippen molar-refractivity contribution in [2.24, 2.45) is 0 Å². The fourth-order valence-corrected chi connectivity index (χ4v) is 2.89. The number of nitrogens with one attached hydrogen (secondary N) is 1. The molecule has 5 nitrogen and oxygen atoms in total. The first-order valence-corrected chi connectivity index (χ1v) is 8.18. The van der Waals surface area contributed by atoms with Gasteiger partial charge < -0.3 is 4.90 Å². The topological polar surface area (TPSA) is 58.6 Å². The molecule has 0 radical (unpaired) electrons. The lowest BCUT2D eigenvalue weighted by atomic mass is 10.0. The number of β-lactam (4-membered cyclic amide) rings is 1. The lowest BCUT2D eigenvalue weighted by Gasteiger charge is -2.38. The molecule has 2 atom stereocenters. The zero-order valence-electron chi connectivity index (χ0n) is 12.2. The van der Waals surface area contributed by atoms with Crippen molar-refractivity contribution in [3.63, 3.8) is 0 Å². The van der Waals surface area contributed by atoms with Gasteiger partial charge in [-0.3, -0.25) is 14.4 Å². The molecule has 1 aliphatic rings. The zero-order valence-corrected chi connectivity index (χ0v) is 13.1. The van der Waals surface area contributed by atoms with Crippen LogP contribution in [-0.2, 0) is 14.4 Å². The van der Waals surface area contributed by atoms with Crippen LogP contribution in [0.3, 0.4) is 0 Å². The number of hydroxylamine groups is 1. The van der Waals surface area contributed by atoms with Crippen LogP contribution in [0.5, 0.6) is 0 Å². The maximum absolute atomic E-state index is 11.7. The standard InChI is InChI=1S/C15H20N2O3S/c1-11(12-6-4-3-5-7-12)10-20-16-13(18)9-17-14(19)8-15(17)21-2/h3-7,11,15H,8-10H2,1-2H3,(H,16,18). The number of rotatable bonds is 7. The van der Waals surface area contributed by atoms with Crippen molar-refractivity contribution in [2.75, 3.05) is 19.4 Å². The molecule has 0 spiro atoms. The maximum atomic E-state index is 11.7. The summed E-state index contributed by atoms with van der Waals surface area (Å²) in [7, 11) is 0. The van der Waals surface area contributed by atoms with Gasteiger partial charge in [0.25, 0.3) is 5.91 Å². The van der Waals surface area contributed by atoms with E-state index in [0.717, 1.165) is 5.56 Å². The number of carbonyl (C=O) groups is 2. The van der Waals surface area contributed by atoms with E-state index in [4.69, 9.17) is 4.84 Å². The van der Waals surface area contributed by atoms with Gasteiger partial charge in [-0.2, -0.15) is 0 Å². The van der Waals surface area contributed by atoms with Gasteiger partial charge in [0, 0.05) is 5.92 Å². The van der Waals surface area contributed by atoms with Gasteiger partial charge in [-0.05, 0) is 11.8 Å². The number of hydrogen-bond donors (Lipinski definition) is 1. The van der Waals surface area contributed by atoms with Crippen molar-refractivity contribution in [3.05, 3.63) is 35.9 Å². The predicted octanol–water partition coefficient (Wildman–Crippen LogP) is 1.76. The summed E-state index contributed by atoms with van der Waals surface area (Å²) in [5, 5.41) is 0.117. The third kappa shape index (κ3) is 4.22. The highest BCUT2D eigenvalue weighted by Gasteiger charge is 2.36. The van der Waals surface area contributed by atoms with E-state index in [9.17, 15) is 9.59 Å². The Morgan fingerprint density at radius 1 is 1.48 bits per heavy atom. The molecule has 1 heterocycles. The van der Waals surface area contributed by atoms with Gasteiger partial charge in [-0.15, -0.1) is 11.8 Å². The first-order valence-electron chi connectivity index (χ1n) is 6.89. The van der Waals surface area contributed by atoms with Crippen LogP contribution in [0.2, 0.25) is 0 Å². The van der Waals surface area contributed by atoms with Crippen LogP contribution < -0.4 is 5.48 Å². The summed E-state index contributed by atoms with van der Waals surface area (Å²) < 4.78 is 0. The zero-order chi connectivity index (χ0) is 15.2. The van der Waals surface area contributed by atoms with Crippen molar-refractivity contribution in [1.82, 2.24) is 10.4 Å². The average Bonchev–Trinajstić information content (AvgIpc) is 2.51. The number of nitrogens with zero attached hydrogens (tertiary/aromatic N) is 1. The molecular formula is C15H20N2O3S. The van der Waals surface area contributed by atoms with Gasteiger partial charge in [0.2, 0.25) is 5.91 Å². The monoisotopic (exact) mass is 308 g/mol. The minimum Gasteiger partial charge on any atom is -0.321 e. The van der Waals surface area contributed by atoms with Gasteiger partial charge in [-0.1, -0.05) is 37.3 Å². The Morgan fingerprint density at radius 3 is 2.81 bits per heavy atom. The minimum atomic E-state index is -0.289. The first kappa shape index (κ1) is 15.9. The first-order chi connectivity index (χ1) is 10.1. The second-order valence-corrected chi connectivity index (χ2v) is 6.08. The fourth-order valence-electron chi connectivity index (χ4n) is 2.14. The summed E-state index contributed by atoms with van der Waals surface area (Å²) >= 11 is 1.58. The van der Waals surface area contributed by atoms with Crippen molar-refractivity contribution in [2.45, 2.75) is 24.6 Å². The molecule has 114 valence electrons. The summed E-state index contributed by atoms with van der Waals surface area (Å²) in [5.74, 6) is -0.0828. The maximum Gasteiger partial charge on any atom is 0.263 e. The quantitative estimate of drug-likeness (QED) is 0.616. The molecule has 0 aliphatic carbocycles. The number of amides is 2. The molecule has 0 bridgehead atoms. The number of benzene rings is 1. The van der Waals surface area contributed by atoms with E-state index in [0.29, 0.717) is 13.0 Å². The van der Waals surface area contributed by atoms with Gasteiger partial charge in [0.1, 0.15) is 6.54 Å². The molecule has 1 aromatic rings. The van der Waals surface area contributed by atoms with Crippen LogP contribution in [0.4, 0.5) is 0 Å². The Balaban J connectivity index is 1.69. The lowest BCUT2D eigenvalue weighted by Crippen LogP contribution is -2.54. The normalized spacial score (nSPS) is 19.0. The van der Waals surface area contributed by atoms with Gasteiger partial charge in [-0.25, -0.2) is 5.48 Å². The number of hydrogen-bond acceptors (Lipinski definition) is 4. The van der Waals surface area contributed by atoms with Crippen LogP contribution in [0.1, 0.15) is 24.8 Å². The molecule has 2 unspecified atom stereocenters. The van der Waals surface area contributed by atoms with E-state index < -0.39 is 0 Å². The Morgan fingerprint density at radius 2 is 2.19 bits per heavy atom. The summed E-state index contributed by atoms with van der Waals surface area (Å²) in [6.07, 6.45) is 2.44. The third-order valence-corrected chi connectivity index (χ3v) is 4.46. The average molecular weight is 308 g/mol. The minimum absolute atomic E-state index is 0.0159. The summed E-state index contributed by atoms with van der Waals surface area (Å²) in [4.78, 5) is 29.9. The molecule has 21 heavy (non-hydrogen) atoms. The molecule has 6 heteroatoms. The second-order valence-electron chi connectivity index (χ2n) is 5.06. The SMILES string of the molecule is CSC1CC(=O)N1CC(=O)NOCC(C)c1ccccc1. The van der Waals surface area contributed by atoms with E-state index in [-0.39, 0.29) is 29.7 Å². The van der Waals surface area contributed by atoms with Gasteiger partial charge >= 0.3 is 0 Å². The highest BCUT2D eigenvalue weighted by molar-refractivity contribution is 7.99. The van der Waals surface area contributed by atoms with Crippen molar-refractivity contribution in [3.8, 4) is 0 Å². The number of carbonyl (C=O) groups excluding carboxylic acids is 2.